The number of halogens is 2. The van der Waals surface area contributed by atoms with Crippen molar-refractivity contribution in [3.05, 3.63) is 46.3 Å². The van der Waals surface area contributed by atoms with Crippen molar-refractivity contribution in [1.82, 2.24) is 10.1 Å². The van der Waals surface area contributed by atoms with Crippen LogP contribution in [0.25, 0.3) is 0 Å². The molecule has 2 aromatic rings. The summed E-state index contributed by atoms with van der Waals surface area (Å²) in [4.78, 5) is 15.6. The summed E-state index contributed by atoms with van der Waals surface area (Å²) in [7, 11) is 0. The van der Waals surface area contributed by atoms with Crippen LogP contribution in [0.5, 0.6) is 0 Å². The van der Waals surface area contributed by atoms with E-state index in [9.17, 15) is 9.18 Å². The van der Waals surface area contributed by atoms with Gasteiger partial charge in [-0.3, -0.25) is 4.79 Å². The van der Waals surface area contributed by atoms with Crippen LogP contribution in [-0.4, -0.2) is 15.9 Å². The van der Waals surface area contributed by atoms with Gasteiger partial charge in [0, 0.05) is 17.0 Å². The molecule has 0 bridgehead atoms. The van der Waals surface area contributed by atoms with Crippen molar-refractivity contribution in [2.24, 2.45) is 0 Å². The highest BCUT2D eigenvalue weighted by atomic mass is 35.5. The van der Waals surface area contributed by atoms with Crippen LogP contribution < -0.4 is 0 Å². The molecule has 0 N–H and O–H groups in total. The number of aromatic nitrogens is 2. The molecule has 1 aromatic carbocycles. The molecule has 106 valence electrons. The predicted octanol–water partition coefficient (Wildman–Crippen LogP) is 3.54. The van der Waals surface area contributed by atoms with Crippen LogP contribution in [-0.2, 0) is 11.2 Å². The second-order valence-corrected chi connectivity index (χ2v) is 4.90. The van der Waals surface area contributed by atoms with Gasteiger partial charge < -0.3 is 4.52 Å². The monoisotopic (exact) mass is 296 g/mol. The summed E-state index contributed by atoms with van der Waals surface area (Å²) in [5, 5.41) is 4.10. The summed E-state index contributed by atoms with van der Waals surface area (Å²) in [6.45, 7) is 3.34. The summed E-state index contributed by atoms with van der Waals surface area (Å²) in [6, 6.07) is 4.46. The minimum Gasteiger partial charge on any atom is -0.339 e. The summed E-state index contributed by atoms with van der Waals surface area (Å²) in [6.07, 6.45) is 0.709. The molecule has 1 heterocycles. The van der Waals surface area contributed by atoms with Gasteiger partial charge >= 0.3 is 0 Å². The third-order valence-electron chi connectivity index (χ3n) is 3.08. The molecule has 1 atom stereocenters. The standard InChI is InChI=1S/C14H14ClFN2O2/c1-3-9(8(2)19)14-17-13(18-20-14)7-10-11(15)5-4-6-12(10)16/h4-6,9H,3,7H2,1-2H3. The van der Waals surface area contributed by atoms with Crippen molar-refractivity contribution in [2.45, 2.75) is 32.6 Å². The van der Waals surface area contributed by atoms with Crippen molar-refractivity contribution in [3.8, 4) is 0 Å². The Labute approximate surface area is 120 Å². The Balaban J connectivity index is 2.24. The van der Waals surface area contributed by atoms with Gasteiger partial charge in [0.1, 0.15) is 11.6 Å². The molecule has 0 saturated carbocycles. The van der Waals surface area contributed by atoms with Crippen LogP contribution in [0, 0.1) is 5.82 Å². The molecule has 2 rings (SSSR count). The lowest BCUT2D eigenvalue weighted by atomic mass is 10.0. The SMILES string of the molecule is CCC(C(C)=O)c1nc(Cc2c(F)cccc2Cl)no1. The zero-order chi connectivity index (χ0) is 14.7. The molecule has 0 saturated heterocycles. The summed E-state index contributed by atoms with van der Waals surface area (Å²) >= 11 is 5.95. The number of carbonyl (C=O) groups excluding carboxylic acids is 1. The molecule has 0 aliphatic heterocycles. The highest BCUT2D eigenvalue weighted by molar-refractivity contribution is 6.31. The number of nitrogens with zero attached hydrogens (tertiary/aromatic N) is 2. The molecule has 0 spiro atoms. The number of rotatable bonds is 5. The molecule has 1 aromatic heterocycles. The third-order valence-corrected chi connectivity index (χ3v) is 3.43. The fraction of sp³-hybridized carbons (Fsp3) is 0.357. The Hall–Kier alpha value is -1.75. The van der Waals surface area contributed by atoms with Gasteiger partial charge in [0.05, 0.1) is 5.92 Å². The first-order valence-electron chi connectivity index (χ1n) is 6.28. The molecule has 0 amide bonds. The van der Waals surface area contributed by atoms with Gasteiger partial charge in [0.25, 0.3) is 0 Å². The van der Waals surface area contributed by atoms with Crippen molar-refractivity contribution in [1.29, 1.82) is 0 Å². The molecule has 6 heteroatoms. The molecule has 4 nitrogen and oxygen atoms in total. The Morgan fingerprint density at radius 1 is 1.50 bits per heavy atom. The van der Waals surface area contributed by atoms with Gasteiger partial charge in [0.15, 0.2) is 5.82 Å². The first-order chi connectivity index (χ1) is 9.52. The lowest BCUT2D eigenvalue weighted by molar-refractivity contribution is -0.119. The maximum absolute atomic E-state index is 13.7. The van der Waals surface area contributed by atoms with Gasteiger partial charge in [-0.1, -0.05) is 29.7 Å². The Morgan fingerprint density at radius 3 is 2.85 bits per heavy atom. The first kappa shape index (κ1) is 14.7. The van der Waals surface area contributed by atoms with E-state index < -0.39 is 11.7 Å². The van der Waals surface area contributed by atoms with E-state index in [1.165, 1.54) is 19.1 Å². The molecule has 0 fully saturated rings. The van der Waals surface area contributed by atoms with E-state index in [0.717, 1.165) is 0 Å². The van der Waals surface area contributed by atoms with Gasteiger partial charge in [-0.15, -0.1) is 0 Å². The van der Waals surface area contributed by atoms with Gasteiger partial charge in [-0.05, 0) is 25.5 Å². The third kappa shape index (κ3) is 3.04. The van der Waals surface area contributed by atoms with E-state index in [4.69, 9.17) is 16.1 Å². The quantitative estimate of drug-likeness (QED) is 0.847. The lowest BCUT2D eigenvalue weighted by Crippen LogP contribution is -2.08. The summed E-state index contributed by atoms with van der Waals surface area (Å²) < 4.78 is 18.8. The van der Waals surface area contributed by atoms with E-state index in [-0.39, 0.29) is 18.1 Å². The number of ketones is 1. The van der Waals surface area contributed by atoms with Crippen LogP contribution in [0.15, 0.2) is 22.7 Å². The van der Waals surface area contributed by atoms with Crippen molar-refractivity contribution >= 4 is 17.4 Å². The highest BCUT2D eigenvalue weighted by Crippen LogP contribution is 2.23. The normalized spacial score (nSPS) is 12.4. The van der Waals surface area contributed by atoms with E-state index in [2.05, 4.69) is 10.1 Å². The van der Waals surface area contributed by atoms with E-state index >= 15 is 0 Å². The molecular formula is C14H14ClFN2O2. The molecule has 20 heavy (non-hydrogen) atoms. The van der Waals surface area contributed by atoms with Crippen LogP contribution in [0.4, 0.5) is 4.39 Å². The molecule has 0 aliphatic rings. The molecular weight excluding hydrogens is 283 g/mol. The van der Waals surface area contributed by atoms with E-state index in [1.807, 2.05) is 6.92 Å². The van der Waals surface area contributed by atoms with Crippen LogP contribution >= 0.6 is 11.6 Å². The fourth-order valence-corrected chi connectivity index (χ4v) is 2.21. The zero-order valence-electron chi connectivity index (χ0n) is 11.2. The minimum absolute atomic E-state index is 0.0355. The van der Waals surface area contributed by atoms with Crippen molar-refractivity contribution in [2.75, 3.05) is 0 Å². The highest BCUT2D eigenvalue weighted by Gasteiger charge is 2.22. The number of benzene rings is 1. The largest absolute Gasteiger partial charge is 0.339 e. The maximum atomic E-state index is 13.7. The van der Waals surface area contributed by atoms with E-state index in [1.54, 1.807) is 6.07 Å². The Morgan fingerprint density at radius 2 is 2.25 bits per heavy atom. The van der Waals surface area contributed by atoms with Gasteiger partial charge in [0.2, 0.25) is 5.89 Å². The second-order valence-electron chi connectivity index (χ2n) is 4.50. The average molecular weight is 297 g/mol. The molecule has 0 radical (unpaired) electrons. The van der Waals surface area contributed by atoms with Crippen LogP contribution in [0.2, 0.25) is 5.02 Å². The minimum atomic E-state index is -0.414. The summed E-state index contributed by atoms with van der Waals surface area (Å²) in [5.41, 5.74) is 0.317. The Bertz CT molecular complexity index is 607. The smallest absolute Gasteiger partial charge is 0.237 e. The predicted molar refractivity (Wildman–Crippen MR) is 72.2 cm³/mol. The Kier molecular flexibility index (Phi) is 4.49. The summed E-state index contributed by atoms with van der Waals surface area (Å²) in [5.74, 6) is -0.282. The number of carbonyl (C=O) groups is 1. The van der Waals surface area contributed by atoms with Gasteiger partial charge in [-0.2, -0.15) is 4.98 Å². The van der Waals surface area contributed by atoms with Crippen molar-refractivity contribution in [3.63, 3.8) is 0 Å². The topological polar surface area (TPSA) is 56.0 Å². The maximum Gasteiger partial charge on any atom is 0.237 e. The number of Topliss-reactive ketones (excluding diaryl/α,β-unsaturated/α-hetero) is 1. The first-order valence-corrected chi connectivity index (χ1v) is 6.66. The van der Waals surface area contributed by atoms with E-state index in [0.29, 0.717) is 22.8 Å². The fourth-order valence-electron chi connectivity index (χ4n) is 1.98. The van der Waals surface area contributed by atoms with Crippen LogP contribution in [0.3, 0.4) is 0 Å². The zero-order valence-corrected chi connectivity index (χ0v) is 11.9. The average Bonchev–Trinajstić information content (AvgIpc) is 2.83. The molecule has 0 aliphatic carbocycles. The number of hydrogen-bond acceptors (Lipinski definition) is 4. The van der Waals surface area contributed by atoms with Gasteiger partial charge in [-0.25, -0.2) is 4.39 Å². The number of hydrogen-bond donors (Lipinski definition) is 0. The van der Waals surface area contributed by atoms with Crippen molar-refractivity contribution < 1.29 is 13.7 Å². The van der Waals surface area contributed by atoms with Crippen LogP contribution in [0.1, 0.15) is 43.5 Å². The lowest BCUT2D eigenvalue weighted by Gasteiger charge is -2.04. The molecule has 1 unspecified atom stereocenters. The second kappa shape index (κ2) is 6.13.